The molecule has 0 aliphatic heterocycles. The van der Waals surface area contributed by atoms with Crippen LogP contribution in [-0.4, -0.2) is 37.9 Å². The minimum atomic E-state index is -4.41. The van der Waals surface area contributed by atoms with Gasteiger partial charge in [-0.2, -0.15) is 13.2 Å². The molecule has 18 heavy (non-hydrogen) atoms. The van der Waals surface area contributed by atoms with Crippen molar-refractivity contribution in [2.24, 2.45) is 5.73 Å². The number of nitrogens with one attached hydrogen (secondary N) is 1. The molecule has 3 N–H and O–H groups in total. The maximum atomic E-state index is 11.7. The van der Waals surface area contributed by atoms with Gasteiger partial charge in [-0.15, -0.1) is 12.4 Å². The number of amides is 1. The highest BCUT2D eigenvalue weighted by molar-refractivity contribution is 5.85. The van der Waals surface area contributed by atoms with E-state index in [4.69, 9.17) is 5.73 Å². The van der Waals surface area contributed by atoms with Gasteiger partial charge < -0.3 is 15.8 Å². The monoisotopic (exact) mass is 292 g/mol. The molecule has 8 heteroatoms. The molecule has 0 saturated heterocycles. The van der Waals surface area contributed by atoms with E-state index in [1.807, 2.05) is 6.92 Å². The predicted octanol–water partition coefficient (Wildman–Crippen LogP) is 1.62. The number of carbonyl (C=O) groups is 1. The fraction of sp³-hybridized carbons (Fsp3) is 0.900. The van der Waals surface area contributed by atoms with Crippen LogP contribution in [0.1, 0.15) is 26.2 Å². The van der Waals surface area contributed by atoms with Gasteiger partial charge in [0, 0.05) is 12.6 Å². The van der Waals surface area contributed by atoms with E-state index < -0.39 is 25.3 Å². The second-order valence-electron chi connectivity index (χ2n) is 3.75. The van der Waals surface area contributed by atoms with Crippen molar-refractivity contribution >= 4 is 18.3 Å². The molecule has 0 spiro atoms. The highest BCUT2D eigenvalue weighted by Gasteiger charge is 2.27. The Hall–Kier alpha value is -0.530. The largest absolute Gasteiger partial charge is 0.411 e. The smallest absolute Gasteiger partial charge is 0.362 e. The summed E-state index contributed by atoms with van der Waals surface area (Å²) in [6.45, 7) is 0.262. The first-order valence-corrected chi connectivity index (χ1v) is 5.53. The molecule has 0 fully saturated rings. The summed E-state index contributed by atoms with van der Waals surface area (Å²) < 4.78 is 39.4. The minimum absolute atomic E-state index is 0. The molecular formula is C10H20ClF3N2O2. The van der Waals surface area contributed by atoms with Gasteiger partial charge in [-0.25, -0.2) is 0 Å². The van der Waals surface area contributed by atoms with Crippen molar-refractivity contribution < 1.29 is 22.7 Å². The topological polar surface area (TPSA) is 64.3 Å². The first-order valence-electron chi connectivity index (χ1n) is 5.53. The third-order valence-electron chi connectivity index (χ3n) is 2.05. The summed E-state index contributed by atoms with van der Waals surface area (Å²) in [5, 5.41) is 2.53. The van der Waals surface area contributed by atoms with Crippen LogP contribution in [0.3, 0.4) is 0 Å². The molecule has 0 aliphatic carbocycles. The Bertz CT molecular complexity index is 228. The zero-order valence-electron chi connectivity index (χ0n) is 10.3. The van der Waals surface area contributed by atoms with E-state index >= 15 is 0 Å². The van der Waals surface area contributed by atoms with Crippen molar-refractivity contribution in [1.29, 1.82) is 0 Å². The third kappa shape index (κ3) is 11.9. The van der Waals surface area contributed by atoms with Crippen LogP contribution in [0.15, 0.2) is 0 Å². The van der Waals surface area contributed by atoms with Crippen molar-refractivity contribution in [2.75, 3.05) is 19.8 Å². The Balaban J connectivity index is 0. The maximum absolute atomic E-state index is 11.7. The van der Waals surface area contributed by atoms with Crippen LogP contribution in [0.2, 0.25) is 0 Å². The lowest BCUT2D eigenvalue weighted by atomic mass is 10.1. The minimum Gasteiger partial charge on any atom is -0.362 e. The summed E-state index contributed by atoms with van der Waals surface area (Å²) in [6, 6.07) is -0.197. The summed E-state index contributed by atoms with van der Waals surface area (Å²) in [4.78, 5) is 11.2. The molecule has 1 atom stereocenters. The number of nitrogens with two attached hydrogens (primary N) is 1. The van der Waals surface area contributed by atoms with E-state index in [1.54, 1.807) is 0 Å². The van der Waals surface area contributed by atoms with Crippen LogP contribution < -0.4 is 11.1 Å². The summed E-state index contributed by atoms with van der Waals surface area (Å²) in [6.07, 6.45) is -1.81. The average molecular weight is 293 g/mol. The van der Waals surface area contributed by atoms with E-state index in [9.17, 15) is 18.0 Å². The first kappa shape index (κ1) is 19.8. The second kappa shape index (κ2) is 10.4. The van der Waals surface area contributed by atoms with Crippen molar-refractivity contribution in [2.45, 2.75) is 38.4 Å². The molecule has 110 valence electrons. The molecular weight excluding hydrogens is 273 g/mol. The van der Waals surface area contributed by atoms with E-state index in [0.717, 1.165) is 19.3 Å². The van der Waals surface area contributed by atoms with Gasteiger partial charge in [0.05, 0.1) is 0 Å². The molecule has 0 heterocycles. The Labute approximate surface area is 111 Å². The number of halogens is 4. The van der Waals surface area contributed by atoms with Crippen LogP contribution in [0.4, 0.5) is 13.2 Å². The maximum Gasteiger partial charge on any atom is 0.411 e. The molecule has 0 rings (SSSR count). The number of hydrogen-bond donors (Lipinski definition) is 2. The summed E-state index contributed by atoms with van der Waals surface area (Å²) in [7, 11) is 0. The number of ether oxygens (including phenoxy) is 1. The summed E-state index contributed by atoms with van der Waals surface area (Å²) in [5.41, 5.74) is 5.42. The fourth-order valence-corrected chi connectivity index (χ4v) is 1.23. The van der Waals surface area contributed by atoms with Crippen molar-refractivity contribution in [1.82, 2.24) is 5.32 Å². The molecule has 1 unspecified atom stereocenters. The standard InChI is InChI=1S/C10H19F3N2O2.ClH/c1-2-3-4-8(5-14)15-9(16)6-17-7-10(11,12)13;/h8H,2-7,14H2,1H3,(H,15,16);1H. The fourth-order valence-electron chi connectivity index (χ4n) is 1.23. The summed E-state index contributed by atoms with van der Waals surface area (Å²) in [5.74, 6) is -0.569. The zero-order valence-corrected chi connectivity index (χ0v) is 11.1. The lowest BCUT2D eigenvalue weighted by Gasteiger charge is -2.16. The normalized spacial score (nSPS) is 12.7. The van der Waals surface area contributed by atoms with Crippen LogP contribution >= 0.6 is 12.4 Å². The van der Waals surface area contributed by atoms with Crippen molar-refractivity contribution in [3.8, 4) is 0 Å². The Morgan fingerprint density at radius 1 is 1.44 bits per heavy atom. The van der Waals surface area contributed by atoms with Gasteiger partial charge in [-0.05, 0) is 6.42 Å². The van der Waals surface area contributed by atoms with E-state index in [0.29, 0.717) is 0 Å². The molecule has 0 bridgehead atoms. The van der Waals surface area contributed by atoms with Gasteiger partial charge in [0.2, 0.25) is 5.91 Å². The quantitative estimate of drug-likeness (QED) is 0.714. The predicted molar refractivity (Wildman–Crippen MR) is 64.6 cm³/mol. The molecule has 4 nitrogen and oxygen atoms in total. The average Bonchev–Trinajstić information content (AvgIpc) is 2.22. The lowest BCUT2D eigenvalue weighted by Crippen LogP contribution is -2.42. The van der Waals surface area contributed by atoms with Gasteiger partial charge in [-0.1, -0.05) is 19.8 Å². The number of unbranched alkanes of at least 4 members (excludes halogenated alkanes) is 1. The molecule has 1 amide bonds. The third-order valence-corrected chi connectivity index (χ3v) is 2.05. The highest BCUT2D eigenvalue weighted by atomic mass is 35.5. The number of alkyl halides is 3. The van der Waals surface area contributed by atoms with E-state index in [2.05, 4.69) is 10.1 Å². The molecule has 0 aromatic carbocycles. The van der Waals surface area contributed by atoms with Crippen LogP contribution in [-0.2, 0) is 9.53 Å². The molecule has 0 aromatic rings. The van der Waals surface area contributed by atoms with Gasteiger partial charge in [0.15, 0.2) is 0 Å². The SMILES string of the molecule is CCCCC(CN)NC(=O)COCC(F)(F)F.Cl. The Morgan fingerprint density at radius 3 is 2.50 bits per heavy atom. The molecule has 0 saturated carbocycles. The highest BCUT2D eigenvalue weighted by Crippen LogP contribution is 2.14. The van der Waals surface area contributed by atoms with Crippen molar-refractivity contribution in [3.05, 3.63) is 0 Å². The van der Waals surface area contributed by atoms with Crippen LogP contribution in [0, 0.1) is 0 Å². The summed E-state index contributed by atoms with van der Waals surface area (Å²) >= 11 is 0. The van der Waals surface area contributed by atoms with Gasteiger partial charge in [0.1, 0.15) is 13.2 Å². The van der Waals surface area contributed by atoms with Crippen LogP contribution in [0.5, 0.6) is 0 Å². The lowest BCUT2D eigenvalue weighted by molar-refractivity contribution is -0.175. The Morgan fingerprint density at radius 2 is 2.06 bits per heavy atom. The number of rotatable bonds is 8. The second-order valence-corrected chi connectivity index (χ2v) is 3.75. The van der Waals surface area contributed by atoms with Gasteiger partial charge >= 0.3 is 6.18 Å². The molecule has 0 aromatic heterocycles. The molecule has 0 aliphatic rings. The first-order chi connectivity index (χ1) is 7.89. The van der Waals surface area contributed by atoms with Gasteiger partial charge in [0.25, 0.3) is 0 Å². The van der Waals surface area contributed by atoms with Crippen molar-refractivity contribution in [3.63, 3.8) is 0 Å². The number of carbonyl (C=O) groups excluding carboxylic acids is 1. The number of hydrogen-bond acceptors (Lipinski definition) is 3. The zero-order chi connectivity index (χ0) is 13.3. The molecule has 0 radical (unpaired) electrons. The van der Waals surface area contributed by atoms with Crippen LogP contribution in [0.25, 0.3) is 0 Å². The Kier molecular flexibility index (Phi) is 11.4. The van der Waals surface area contributed by atoms with Gasteiger partial charge in [-0.3, -0.25) is 4.79 Å². The van der Waals surface area contributed by atoms with E-state index in [1.165, 1.54) is 0 Å². The van der Waals surface area contributed by atoms with E-state index in [-0.39, 0.29) is 25.0 Å².